The van der Waals surface area contributed by atoms with Gasteiger partial charge in [0.25, 0.3) is 5.91 Å². The number of carboxylic acids is 1. The summed E-state index contributed by atoms with van der Waals surface area (Å²) in [6, 6.07) is 7.05. The lowest BCUT2D eigenvalue weighted by Gasteiger charge is -2.33. The molecule has 144 valence electrons. The van der Waals surface area contributed by atoms with Crippen molar-refractivity contribution in [1.29, 1.82) is 0 Å². The molecule has 1 amide bonds. The number of aryl methyl sites for hydroxylation is 1. The van der Waals surface area contributed by atoms with Crippen LogP contribution >= 0.6 is 0 Å². The highest BCUT2D eigenvalue weighted by atomic mass is 16.4. The first-order chi connectivity index (χ1) is 13.0. The lowest BCUT2D eigenvalue weighted by molar-refractivity contribution is 0.0669. The van der Waals surface area contributed by atoms with E-state index in [1.165, 1.54) is 0 Å². The van der Waals surface area contributed by atoms with Gasteiger partial charge in [-0.1, -0.05) is 19.1 Å². The molecule has 1 fully saturated rings. The molecule has 0 radical (unpaired) electrons. The number of hydrogen-bond acceptors (Lipinski definition) is 3. The number of piperidine rings is 1. The maximum atomic E-state index is 13.0. The number of benzene rings is 1. The number of rotatable bonds is 6. The van der Waals surface area contributed by atoms with Crippen LogP contribution in [0.25, 0.3) is 0 Å². The van der Waals surface area contributed by atoms with Gasteiger partial charge in [0.1, 0.15) is 0 Å². The van der Waals surface area contributed by atoms with Crippen LogP contribution in [0.5, 0.6) is 0 Å². The van der Waals surface area contributed by atoms with E-state index >= 15 is 0 Å². The van der Waals surface area contributed by atoms with E-state index in [0.29, 0.717) is 17.0 Å². The minimum Gasteiger partial charge on any atom is -0.478 e. The zero-order valence-electron chi connectivity index (χ0n) is 16.0. The Bertz CT molecular complexity index is 811. The van der Waals surface area contributed by atoms with Crippen LogP contribution in [0.2, 0.25) is 0 Å². The van der Waals surface area contributed by atoms with Gasteiger partial charge in [0.15, 0.2) is 0 Å². The Balaban J connectivity index is 1.65. The molecule has 6 nitrogen and oxygen atoms in total. The number of carbonyl (C=O) groups excluding carboxylic acids is 1. The average Bonchev–Trinajstić information content (AvgIpc) is 3.03. The molecule has 1 aliphatic rings. The molecule has 0 unspecified atom stereocenters. The van der Waals surface area contributed by atoms with Crippen molar-refractivity contribution in [2.24, 2.45) is 5.92 Å². The smallest absolute Gasteiger partial charge is 0.335 e. The first kappa shape index (κ1) is 19.1. The number of carboxylic acid groups (broad SMARTS) is 1. The molecule has 2 heterocycles. The molecule has 1 saturated heterocycles. The van der Waals surface area contributed by atoms with Gasteiger partial charge in [-0.2, -0.15) is 5.10 Å². The molecule has 2 aromatic rings. The SMILES string of the molecule is CCCn1ncc(C(=O)N2CCC[C@@H](Cc3ccc(C(=O)O)cc3)C2)c1C. The second-order valence-electron chi connectivity index (χ2n) is 7.33. The van der Waals surface area contributed by atoms with Crippen molar-refractivity contribution in [3.63, 3.8) is 0 Å². The van der Waals surface area contributed by atoms with Crippen molar-refractivity contribution in [2.45, 2.75) is 46.1 Å². The highest BCUT2D eigenvalue weighted by Gasteiger charge is 2.26. The van der Waals surface area contributed by atoms with Crippen molar-refractivity contribution in [3.05, 3.63) is 52.8 Å². The molecule has 0 spiro atoms. The quantitative estimate of drug-likeness (QED) is 0.847. The fourth-order valence-corrected chi connectivity index (χ4v) is 3.80. The predicted octanol–water partition coefficient (Wildman–Crippen LogP) is 3.39. The van der Waals surface area contributed by atoms with Gasteiger partial charge in [0.05, 0.1) is 17.3 Å². The maximum Gasteiger partial charge on any atom is 0.335 e. The molecular weight excluding hydrogens is 342 g/mol. The number of aromatic carboxylic acids is 1. The molecule has 3 rings (SSSR count). The Kier molecular flexibility index (Phi) is 5.94. The van der Waals surface area contributed by atoms with E-state index in [1.807, 2.05) is 28.6 Å². The molecule has 1 N–H and O–H groups in total. The van der Waals surface area contributed by atoms with Gasteiger partial charge in [-0.05, 0) is 56.2 Å². The van der Waals surface area contributed by atoms with Crippen LogP contribution in [-0.4, -0.2) is 44.8 Å². The molecule has 27 heavy (non-hydrogen) atoms. The second kappa shape index (κ2) is 8.37. The van der Waals surface area contributed by atoms with Gasteiger partial charge in [0, 0.05) is 25.3 Å². The Morgan fingerprint density at radius 3 is 2.67 bits per heavy atom. The number of aromatic nitrogens is 2. The minimum atomic E-state index is -0.907. The number of nitrogens with zero attached hydrogens (tertiary/aromatic N) is 3. The molecular formula is C21H27N3O3. The van der Waals surface area contributed by atoms with Gasteiger partial charge in [0.2, 0.25) is 0 Å². The summed E-state index contributed by atoms with van der Waals surface area (Å²) >= 11 is 0. The summed E-state index contributed by atoms with van der Waals surface area (Å²) in [6.07, 6.45) is 5.62. The van der Waals surface area contributed by atoms with Crippen molar-refractivity contribution in [1.82, 2.24) is 14.7 Å². The van der Waals surface area contributed by atoms with E-state index in [9.17, 15) is 9.59 Å². The number of carbonyl (C=O) groups is 2. The van der Waals surface area contributed by atoms with E-state index in [2.05, 4.69) is 12.0 Å². The third-order valence-electron chi connectivity index (χ3n) is 5.30. The third kappa shape index (κ3) is 4.38. The summed E-state index contributed by atoms with van der Waals surface area (Å²) in [5, 5.41) is 13.4. The Hall–Kier alpha value is -2.63. The minimum absolute atomic E-state index is 0.0702. The molecule has 0 aliphatic carbocycles. The second-order valence-corrected chi connectivity index (χ2v) is 7.33. The van der Waals surface area contributed by atoms with Crippen LogP contribution in [0.3, 0.4) is 0 Å². The number of amides is 1. The van der Waals surface area contributed by atoms with Crippen LogP contribution in [-0.2, 0) is 13.0 Å². The van der Waals surface area contributed by atoms with Crippen LogP contribution in [0, 0.1) is 12.8 Å². The fraction of sp³-hybridized carbons (Fsp3) is 0.476. The normalized spacial score (nSPS) is 17.1. The summed E-state index contributed by atoms with van der Waals surface area (Å²) in [5.41, 5.74) is 3.06. The standard InChI is InChI=1S/C21H27N3O3/c1-3-10-24-15(2)19(13-22-24)20(25)23-11-4-5-17(14-23)12-16-6-8-18(9-7-16)21(26)27/h6-9,13,17H,3-5,10-12,14H2,1-2H3,(H,26,27)/t17-/m0/s1. The van der Waals surface area contributed by atoms with Crippen molar-refractivity contribution < 1.29 is 14.7 Å². The lowest BCUT2D eigenvalue weighted by atomic mass is 9.90. The Morgan fingerprint density at radius 2 is 2.00 bits per heavy atom. The molecule has 0 saturated carbocycles. The molecule has 1 aliphatic heterocycles. The highest BCUT2D eigenvalue weighted by molar-refractivity contribution is 5.95. The van der Waals surface area contributed by atoms with Crippen molar-refractivity contribution in [3.8, 4) is 0 Å². The van der Waals surface area contributed by atoms with Gasteiger partial charge >= 0.3 is 5.97 Å². The summed E-state index contributed by atoms with van der Waals surface area (Å²) < 4.78 is 1.90. The van der Waals surface area contributed by atoms with Gasteiger partial charge in [-0.25, -0.2) is 4.79 Å². The zero-order valence-corrected chi connectivity index (χ0v) is 16.0. The molecule has 1 atom stereocenters. The first-order valence-corrected chi connectivity index (χ1v) is 9.63. The largest absolute Gasteiger partial charge is 0.478 e. The van der Waals surface area contributed by atoms with Crippen LogP contribution in [0.15, 0.2) is 30.5 Å². The first-order valence-electron chi connectivity index (χ1n) is 9.63. The Morgan fingerprint density at radius 1 is 1.26 bits per heavy atom. The summed E-state index contributed by atoms with van der Waals surface area (Å²) in [5.74, 6) is -0.444. The summed E-state index contributed by atoms with van der Waals surface area (Å²) in [6.45, 7) is 6.40. The molecule has 6 heteroatoms. The molecule has 1 aromatic heterocycles. The summed E-state index contributed by atoms with van der Waals surface area (Å²) in [4.78, 5) is 25.9. The molecule has 0 bridgehead atoms. The van der Waals surface area contributed by atoms with Gasteiger partial charge in [-0.3, -0.25) is 9.48 Å². The fourth-order valence-electron chi connectivity index (χ4n) is 3.80. The van der Waals surface area contributed by atoms with Crippen molar-refractivity contribution >= 4 is 11.9 Å². The van der Waals surface area contributed by atoms with E-state index in [0.717, 1.165) is 56.6 Å². The van der Waals surface area contributed by atoms with Crippen LogP contribution in [0.4, 0.5) is 0 Å². The zero-order chi connectivity index (χ0) is 19.4. The maximum absolute atomic E-state index is 13.0. The van der Waals surface area contributed by atoms with Gasteiger partial charge in [-0.15, -0.1) is 0 Å². The molecule has 1 aromatic carbocycles. The van der Waals surface area contributed by atoms with E-state index < -0.39 is 5.97 Å². The van der Waals surface area contributed by atoms with E-state index in [-0.39, 0.29) is 5.91 Å². The van der Waals surface area contributed by atoms with Crippen molar-refractivity contribution in [2.75, 3.05) is 13.1 Å². The average molecular weight is 369 g/mol. The van der Waals surface area contributed by atoms with E-state index in [4.69, 9.17) is 5.11 Å². The Labute approximate surface area is 159 Å². The number of hydrogen-bond donors (Lipinski definition) is 1. The summed E-state index contributed by atoms with van der Waals surface area (Å²) in [7, 11) is 0. The monoisotopic (exact) mass is 369 g/mol. The predicted molar refractivity (Wildman–Crippen MR) is 103 cm³/mol. The third-order valence-corrected chi connectivity index (χ3v) is 5.30. The van der Waals surface area contributed by atoms with Gasteiger partial charge < -0.3 is 10.0 Å². The topological polar surface area (TPSA) is 75.4 Å². The lowest BCUT2D eigenvalue weighted by Crippen LogP contribution is -2.40. The van der Waals surface area contributed by atoms with Crippen LogP contribution < -0.4 is 0 Å². The van der Waals surface area contributed by atoms with Crippen LogP contribution in [0.1, 0.15) is 58.2 Å². The number of likely N-dealkylation sites (tertiary alicyclic amines) is 1. The van der Waals surface area contributed by atoms with E-state index in [1.54, 1.807) is 18.3 Å². The highest BCUT2D eigenvalue weighted by Crippen LogP contribution is 2.23.